The summed E-state index contributed by atoms with van der Waals surface area (Å²) in [5.41, 5.74) is 2.28. The standard InChI is InChI=1S/C31H39ClN8O3/c1-20-25(21(2)35-34-20)16-17-39-19-27(36-38-39)26-14-15-28(41)40(37-26)31(22-10-7-6-8-11-22,23-12-9-13-24(32)18-23)33-29(42)43-30(3,4)5/h9,12-15,18-19,22H,6-8,10-11,16-17H2,1-5H3,(H,33,42)(H,34,35). The number of rotatable bonds is 8. The minimum atomic E-state index is -1.35. The molecule has 5 rings (SSSR count). The van der Waals surface area contributed by atoms with Crippen LogP contribution in [-0.2, 0) is 23.4 Å². The Bertz CT molecular complexity index is 1630. The van der Waals surface area contributed by atoms with E-state index in [9.17, 15) is 9.59 Å². The van der Waals surface area contributed by atoms with Gasteiger partial charge in [0.1, 0.15) is 17.0 Å². The third kappa shape index (κ3) is 6.66. The fraction of sp³-hybridized carbons (Fsp3) is 0.484. The van der Waals surface area contributed by atoms with E-state index in [0.717, 1.165) is 55.5 Å². The van der Waals surface area contributed by atoms with Gasteiger partial charge in [-0.3, -0.25) is 19.9 Å². The highest BCUT2D eigenvalue weighted by Crippen LogP contribution is 2.41. The number of ether oxygens (including phenoxy) is 1. The van der Waals surface area contributed by atoms with Gasteiger partial charge in [0.2, 0.25) is 0 Å². The van der Waals surface area contributed by atoms with Crippen molar-refractivity contribution in [1.29, 1.82) is 0 Å². The van der Waals surface area contributed by atoms with Crippen molar-refractivity contribution in [3.05, 3.63) is 80.5 Å². The zero-order valence-electron chi connectivity index (χ0n) is 25.4. The zero-order chi connectivity index (χ0) is 30.8. The third-order valence-electron chi connectivity index (χ3n) is 7.96. The highest BCUT2D eigenvalue weighted by Gasteiger charge is 2.47. The Balaban J connectivity index is 1.59. The van der Waals surface area contributed by atoms with Crippen LogP contribution in [0.4, 0.5) is 4.79 Å². The second-order valence-electron chi connectivity index (χ2n) is 12.2. The summed E-state index contributed by atoms with van der Waals surface area (Å²) in [6.07, 6.45) is 6.47. The van der Waals surface area contributed by atoms with Crippen molar-refractivity contribution in [3.63, 3.8) is 0 Å². The molecule has 0 spiro atoms. The van der Waals surface area contributed by atoms with E-state index >= 15 is 0 Å². The lowest BCUT2D eigenvalue weighted by molar-refractivity contribution is 0.0281. The number of carbonyl (C=O) groups excluding carboxylic acids is 1. The number of aryl methyl sites for hydroxylation is 3. The Kier molecular flexibility index (Phi) is 8.73. The number of carbonyl (C=O) groups is 1. The summed E-state index contributed by atoms with van der Waals surface area (Å²) in [6.45, 7) is 9.98. The van der Waals surface area contributed by atoms with Gasteiger partial charge in [-0.05, 0) is 77.6 Å². The Morgan fingerprint density at radius 2 is 1.88 bits per heavy atom. The monoisotopic (exact) mass is 606 g/mol. The number of hydrogen-bond donors (Lipinski definition) is 2. The van der Waals surface area contributed by atoms with Gasteiger partial charge in [0.25, 0.3) is 5.56 Å². The summed E-state index contributed by atoms with van der Waals surface area (Å²) in [5, 5.41) is 24.4. The van der Waals surface area contributed by atoms with Crippen molar-refractivity contribution in [2.24, 2.45) is 5.92 Å². The van der Waals surface area contributed by atoms with Crippen molar-refractivity contribution in [2.75, 3.05) is 0 Å². The SMILES string of the molecule is Cc1n[nH]c(C)c1CCn1cc(-c2ccc(=O)n(C(NC(=O)OC(C)(C)C)(c3cccc(Cl)c3)C3CCCCC3)n2)nn1. The van der Waals surface area contributed by atoms with Gasteiger partial charge in [0, 0.05) is 34.8 Å². The van der Waals surface area contributed by atoms with Gasteiger partial charge in [-0.15, -0.1) is 5.10 Å². The first-order valence-electron chi connectivity index (χ1n) is 14.8. The normalized spacial score (nSPS) is 15.7. The van der Waals surface area contributed by atoms with Gasteiger partial charge in [-0.25, -0.2) is 4.79 Å². The molecular formula is C31H39ClN8O3. The quantitative estimate of drug-likeness (QED) is 0.269. The molecule has 0 saturated heterocycles. The zero-order valence-corrected chi connectivity index (χ0v) is 26.1. The lowest BCUT2D eigenvalue weighted by Gasteiger charge is -2.44. The average Bonchev–Trinajstić information content (AvgIpc) is 3.56. The molecular weight excluding hydrogens is 568 g/mol. The van der Waals surface area contributed by atoms with Crippen LogP contribution in [0.2, 0.25) is 5.02 Å². The van der Waals surface area contributed by atoms with Crippen LogP contribution in [0.1, 0.15) is 75.4 Å². The lowest BCUT2D eigenvalue weighted by atomic mass is 9.76. The number of benzene rings is 1. The summed E-state index contributed by atoms with van der Waals surface area (Å²) in [6, 6.07) is 10.3. The maximum absolute atomic E-state index is 13.7. The molecule has 3 aromatic heterocycles. The van der Waals surface area contributed by atoms with Crippen LogP contribution in [0.3, 0.4) is 0 Å². The van der Waals surface area contributed by atoms with E-state index in [1.165, 1.54) is 10.7 Å². The number of H-pyrrole nitrogens is 1. The molecule has 4 aromatic rings. The second-order valence-corrected chi connectivity index (χ2v) is 12.7. The molecule has 0 radical (unpaired) electrons. The van der Waals surface area contributed by atoms with Gasteiger partial charge < -0.3 is 4.74 Å². The molecule has 1 amide bonds. The molecule has 1 unspecified atom stereocenters. The summed E-state index contributed by atoms with van der Waals surface area (Å²) >= 11 is 6.50. The van der Waals surface area contributed by atoms with Crippen LogP contribution in [0, 0.1) is 19.8 Å². The number of alkyl carbamates (subject to hydrolysis) is 1. The molecule has 12 heteroatoms. The molecule has 2 N–H and O–H groups in total. The molecule has 1 aliphatic carbocycles. The summed E-state index contributed by atoms with van der Waals surface area (Å²) < 4.78 is 8.86. The maximum atomic E-state index is 13.7. The number of nitrogens with zero attached hydrogens (tertiary/aromatic N) is 6. The van der Waals surface area contributed by atoms with E-state index in [1.54, 1.807) is 43.7 Å². The van der Waals surface area contributed by atoms with Gasteiger partial charge in [0.15, 0.2) is 5.66 Å². The number of aromatic amines is 1. The first-order valence-corrected chi connectivity index (χ1v) is 15.1. The molecule has 1 fully saturated rings. The summed E-state index contributed by atoms with van der Waals surface area (Å²) in [4.78, 5) is 27.2. The van der Waals surface area contributed by atoms with E-state index < -0.39 is 17.4 Å². The number of nitrogens with one attached hydrogen (secondary N) is 2. The Labute approximate surface area is 256 Å². The van der Waals surface area contributed by atoms with Crippen LogP contribution in [0.25, 0.3) is 11.4 Å². The van der Waals surface area contributed by atoms with Crippen molar-refractivity contribution < 1.29 is 9.53 Å². The Morgan fingerprint density at radius 1 is 1.12 bits per heavy atom. The molecule has 228 valence electrons. The minimum Gasteiger partial charge on any atom is -0.444 e. The first-order chi connectivity index (χ1) is 20.5. The fourth-order valence-electron chi connectivity index (χ4n) is 5.96. The molecule has 43 heavy (non-hydrogen) atoms. The molecule has 0 bridgehead atoms. The van der Waals surface area contributed by atoms with E-state index in [0.29, 0.717) is 28.5 Å². The van der Waals surface area contributed by atoms with Gasteiger partial charge in [-0.2, -0.15) is 14.9 Å². The lowest BCUT2D eigenvalue weighted by Crippen LogP contribution is -2.61. The van der Waals surface area contributed by atoms with E-state index in [1.807, 2.05) is 32.2 Å². The summed E-state index contributed by atoms with van der Waals surface area (Å²) in [7, 11) is 0. The number of hydrogen-bond acceptors (Lipinski definition) is 7. The van der Waals surface area contributed by atoms with Gasteiger partial charge in [-0.1, -0.05) is 48.2 Å². The van der Waals surface area contributed by atoms with Crippen LogP contribution in [0.15, 0.2) is 47.4 Å². The van der Waals surface area contributed by atoms with Crippen molar-refractivity contribution in [2.45, 2.75) is 91.0 Å². The van der Waals surface area contributed by atoms with Crippen LogP contribution >= 0.6 is 11.6 Å². The van der Waals surface area contributed by atoms with E-state index in [-0.39, 0.29) is 11.5 Å². The van der Waals surface area contributed by atoms with E-state index in [4.69, 9.17) is 21.4 Å². The molecule has 1 atom stereocenters. The van der Waals surface area contributed by atoms with Crippen LogP contribution in [0.5, 0.6) is 0 Å². The van der Waals surface area contributed by atoms with Crippen molar-refractivity contribution in [3.8, 4) is 11.4 Å². The molecule has 3 heterocycles. The number of amides is 1. The molecule has 1 aromatic carbocycles. The van der Waals surface area contributed by atoms with Crippen molar-refractivity contribution in [1.82, 2.24) is 40.3 Å². The average molecular weight is 607 g/mol. The van der Waals surface area contributed by atoms with Gasteiger partial charge >= 0.3 is 6.09 Å². The van der Waals surface area contributed by atoms with Crippen molar-refractivity contribution >= 4 is 17.7 Å². The highest BCUT2D eigenvalue weighted by atomic mass is 35.5. The van der Waals surface area contributed by atoms with Crippen LogP contribution in [-0.4, -0.2) is 46.7 Å². The smallest absolute Gasteiger partial charge is 0.409 e. The fourth-order valence-corrected chi connectivity index (χ4v) is 6.15. The minimum absolute atomic E-state index is 0.148. The molecule has 1 saturated carbocycles. The predicted molar refractivity (Wildman–Crippen MR) is 164 cm³/mol. The second kappa shape index (κ2) is 12.3. The van der Waals surface area contributed by atoms with Crippen LogP contribution < -0.4 is 10.9 Å². The Morgan fingerprint density at radius 3 is 2.56 bits per heavy atom. The predicted octanol–water partition coefficient (Wildman–Crippen LogP) is 5.54. The molecule has 1 aliphatic rings. The Hall–Kier alpha value is -3.99. The number of halogens is 1. The largest absolute Gasteiger partial charge is 0.444 e. The third-order valence-corrected chi connectivity index (χ3v) is 8.19. The molecule has 11 nitrogen and oxygen atoms in total. The maximum Gasteiger partial charge on any atom is 0.409 e. The van der Waals surface area contributed by atoms with E-state index in [2.05, 4.69) is 25.8 Å². The summed E-state index contributed by atoms with van der Waals surface area (Å²) in [5.74, 6) is -0.148. The highest BCUT2D eigenvalue weighted by molar-refractivity contribution is 6.30. The first kappa shape index (κ1) is 30.5. The topological polar surface area (TPSA) is 133 Å². The van der Waals surface area contributed by atoms with Gasteiger partial charge in [0.05, 0.1) is 11.9 Å². The number of aromatic nitrogens is 7. The molecule has 0 aliphatic heterocycles.